The van der Waals surface area contributed by atoms with Gasteiger partial charge in [0, 0.05) is 23.4 Å². The second kappa shape index (κ2) is 5.89. The molecule has 17 heavy (non-hydrogen) atoms. The van der Waals surface area contributed by atoms with E-state index >= 15 is 0 Å². The maximum absolute atomic E-state index is 12.5. The molecule has 1 rings (SSSR count). The summed E-state index contributed by atoms with van der Waals surface area (Å²) in [5.74, 6) is 5.47. The van der Waals surface area contributed by atoms with E-state index in [4.69, 9.17) is 5.53 Å². The molecule has 0 saturated carbocycles. The van der Waals surface area contributed by atoms with E-state index in [0.29, 0.717) is 12.0 Å². The Morgan fingerprint density at radius 3 is 2.53 bits per heavy atom. The third kappa shape index (κ3) is 4.55. The van der Waals surface area contributed by atoms with E-state index in [1.54, 1.807) is 0 Å². The number of azide groups is 1. The van der Waals surface area contributed by atoms with Crippen LogP contribution in [0.15, 0.2) is 34.3 Å². The molecule has 0 aliphatic carbocycles. The number of benzene rings is 1. The lowest BCUT2D eigenvalue weighted by atomic mass is 10.2. The normalized spacial score (nSPS) is 9.94. The van der Waals surface area contributed by atoms with Gasteiger partial charge >= 0.3 is 10.2 Å². The van der Waals surface area contributed by atoms with Gasteiger partial charge < -0.3 is 0 Å². The summed E-state index contributed by atoms with van der Waals surface area (Å²) in [5, 5.41) is 3.30. The number of hydrogen-bond donors (Lipinski definition) is 0. The first-order valence-electron chi connectivity index (χ1n) is 4.58. The molecule has 1 aromatic carbocycles. The van der Waals surface area contributed by atoms with Crippen LogP contribution in [-0.2, 0) is 10.2 Å². The number of hydrogen-bond acceptors (Lipinski definition) is 3. The molecular weight excluding hydrogens is 245 g/mol. The van der Waals surface area contributed by atoms with Crippen LogP contribution in [0.1, 0.15) is 12.0 Å². The Labute approximate surface area is 98.1 Å². The van der Waals surface area contributed by atoms with Crippen molar-refractivity contribution in [3.8, 4) is 11.8 Å². The second-order valence-corrected chi connectivity index (χ2v) is 4.32. The quantitative estimate of drug-likeness (QED) is 0.207. The van der Waals surface area contributed by atoms with Gasteiger partial charge in [-0.3, -0.25) is 0 Å². The van der Waals surface area contributed by atoms with E-state index in [9.17, 15) is 12.3 Å². The lowest BCUT2D eigenvalue weighted by molar-refractivity contribution is 0.552. The van der Waals surface area contributed by atoms with Crippen molar-refractivity contribution in [2.75, 3.05) is 6.54 Å². The van der Waals surface area contributed by atoms with Gasteiger partial charge in [-0.2, -0.15) is 8.42 Å². The molecule has 0 heterocycles. The van der Waals surface area contributed by atoms with Gasteiger partial charge in [0.15, 0.2) is 0 Å². The van der Waals surface area contributed by atoms with E-state index < -0.39 is 15.1 Å². The zero-order valence-corrected chi connectivity index (χ0v) is 9.48. The minimum Gasteiger partial charge on any atom is -0.189 e. The van der Waals surface area contributed by atoms with Gasteiger partial charge in [-0.1, -0.05) is 17.0 Å². The number of nitrogens with zero attached hydrogens (tertiary/aromatic N) is 3. The first kappa shape index (κ1) is 13.0. The Bertz CT molecular complexity index is 593. The molecule has 1 aromatic rings. The van der Waals surface area contributed by atoms with Crippen LogP contribution in [0.25, 0.3) is 10.4 Å². The number of halogens is 1. The summed E-state index contributed by atoms with van der Waals surface area (Å²) in [6.45, 7) is 0.278. The van der Waals surface area contributed by atoms with E-state index in [1.165, 1.54) is 12.1 Å². The summed E-state index contributed by atoms with van der Waals surface area (Å²) < 4.78 is 33.6. The average molecular weight is 253 g/mol. The molecule has 0 amide bonds. The van der Waals surface area contributed by atoms with Gasteiger partial charge in [0.25, 0.3) is 0 Å². The Morgan fingerprint density at radius 2 is 2.00 bits per heavy atom. The van der Waals surface area contributed by atoms with Crippen LogP contribution in [-0.4, -0.2) is 15.0 Å². The predicted octanol–water partition coefficient (Wildman–Crippen LogP) is 2.40. The van der Waals surface area contributed by atoms with E-state index in [0.717, 1.165) is 12.1 Å². The van der Waals surface area contributed by atoms with Crippen molar-refractivity contribution in [1.29, 1.82) is 0 Å². The fourth-order valence-corrected chi connectivity index (χ4v) is 1.48. The Kier molecular flexibility index (Phi) is 4.52. The number of rotatable bonds is 3. The Morgan fingerprint density at radius 1 is 1.35 bits per heavy atom. The molecule has 0 spiro atoms. The molecular formula is C10H8FN3O2S. The highest BCUT2D eigenvalue weighted by atomic mass is 32.3. The zero-order chi connectivity index (χ0) is 12.7. The average Bonchev–Trinajstić information content (AvgIpc) is 2.28. The minimum absolute atomic E-state index is 0.278. The third-order valence-corrected chi connectivity index (χ3v) is 2.60. The van der Waals surface area contributed by atoms with Crippen molar-refractivity contribution in [3.63, 3.8) is 0 Å². The molecule has 0 aliphatic rings. The van der Waals surface area contributed by atoms with Crippen molar-refractivity contribution in [3.05, 3.63) is 40.3 Å². The van der Waals surface area contributed by atoms with Gasteiger partial charge in [-0.15, -0.1) is 3.89 Å². The summed E-state index contributed by atoms with van der Waals surface area (Å²) in [4.78, 5) is 2.18. The molecule has 0 bridgehead atoms. The zero-order valence-electron chi connectivity index (χ0n) is 8.67. The monoisotopic (exact) mass is 253 g/mol. The Balaban J connectivity index is 2.72. The molecule has 0 N–H and O–H groups in total. The molecule has 0 fully saturated rings. The minimum atomic E-state index is -4.66. The molecule has 0 unspecified atom stereocenters. The smallest absolute Gasteiger partial charge is 0.189 e. The van der Waals surface area contributed by atoms with Crippen molar-refractivity contribution < 1.29 is 12.3 Å². The first-order valence-corrected chi connectivity index (χ1v) is 5.97. The Hall–Kier alpha value is -2.03. The maximum atomic E-state index is 12.5. The van der Waals surface area contributed by atoms with E-state index in [-0.39, 0.29) is 6.54 Å². The van der Waals surface area contributed by atoms with Crippen LogP contribution in [0.3, 0.4) is 0 Å². The molecule has 0 aliphatic heterocycles. The highest BCUT2D eigenvalue weighted by molar-refractivity contribution is 7.86. The van der Waals surface area contributed by atoms with Crippen molar-refractivity contribution in [2.45, 2.75) is 11.3 Å². The molecule has 0 atom stereocenters. The molecule has 7 heteroatoms. The summed E-state index contributed by atoms with van der Waals surface area (Å²) in [5.41, 5.74) is 8.58. The lowest BCUT2D eigenvalue weighted by Crippen LogP contribution is -1.91. The van der Waals surface area contributed by atoms with Crippen molar-refractivity contribution >= 4 is 10.2 Å². The van der Waals surface area contributed by atoms with Gasteiger partial charge in [0.2, 0.25) is 0 Å². The summed E-state index contributed by atoms with van der Waals surface area (Å²) >= 11 is 0. The highest BCUT2D eigenvalue weighted by Crippen LogP contribution is 2.12. The lowest BCUT2D eigenvalue weighted by Gasteiger charge is -1.94. The van der Waals surface area contributed by atoms with Crippen LogP contribution < -0.4 is 0 Å². The fraction of sp³-hybridized carbons (Fsp3) is 0.200. The van der Waals surface area contributed by atoms with Crippen LogP contribution in [0.2, 0.25) is 0 Å². The highest BCUT2D eigenvalue weighted by Gasteiger charge is 2.10. The van der Waals surface area contributed by atoms with Gasteiger partial charge in [-0.05, 0) is 29.8 Å². The molecule has 0 saturated heterocycles. The van der Waals surface area contributed by atoms with Crippen LogP contribution >= 0.6 is 0 Å². The van der Waals surface area contributed by atoms with Gasteiger partial charge in [0.1, 0.15) is 0 Å². The van der Waals surface area contributed by atoms with E-state index in [1.807, 2.05) is 0 Å². The van der Waals surface area contributed by atoms with Gasteiger partial charge in [0.05, 0.1) is 4.90 Å². The first-order chi connectivity index (χ1) is 8.04. The summed E-state index contributed by atoms with van der Waals surface area (Å²) in [7, 11) is -4.66. The van der Waals surface area contributed by atoms with Gasteiger partial charge in [-0.25, -0.2) is 0 Å². The van der Waals surface area contributed by atoms with Crippen LogP contribution in [0, 0.1) is 11.8 Å². The fourth-order valence-electron chi connectivity index (χ4n) is 1.02. The summed E-state index contributed by atoms with van der Waals surface area (Å²) in [6, 6.07) is 5.11. The topological polar surface area (TPSA) is 82.9 Å². The molecule has 88 valence electrons. The van der Waals surface area contributed by atoms with E-state index in [2.05, 4.69) is 21.9 Å². The molecule has 0 aromatic heterocycles. The van der Waals surface area contributed by atoms with Crippen molar-refractivity contribution in [1.82, 2.24) is 0 Å². The van der Waals surface area contributed by atoms with Crippen molar-refractivity contribution in [2.24, 2.45) is 5.11 Å². The maximum Gasteiger partial charge on any atom is 0.332 e. The van der Waals surface area contributed by atoms with Crippen LogP contribution in [0.5, 0.6) is 0 Å². The predicted molar refractivity (Wildman–Crippen MR) is 60.2 cm³/mol. The second-order valence-electron chi connectivity index (χ2n) is 2.97. The van der Waals surface area contributed by atoms with Crippen LogP contribution in [0.4, 0.5) is 3.89 Å². The largest absolute Gasteiger partial charge is 0.332 e. The summed E-state index contributed by atoms with van der Waals surface area (Å²) in [6.07, 6.45) is 0.410. The molecule has 0 radical (unpaired) electrons. The molecule has 5 nitrogen and oxygen atoms in total. The third-order valence-electron chi connectivity index (χ3n) is 1.77. The SMILES string of the molecule is [N-]=[N+]=NCCC#Cc1ccc(S(=O)(=O)F)cc1. The standard InChI is InChI=1S/C10H8FN3O2S/c11-17(15,16)10-6-4-9(5-7-10)3-1-2-8-13-14-12/h4-7H,2,8H2.